The van der Waals surface area contributed by atoms with Crippen LogP contribution in [0.1, 0.15) is 57.1 Å². The predicted octanol–water partition coefficient (Wildman–Crippen LogP) is 3.30. The van der Waals surface area contributed by atoms with Crippen molar-refractivity contribution < 1.29 is 18.3 Å². The third-order valence-corrected chi connectivity index (χ3v) is 6.20. The topological polar surface area (TPSA) is 71.4 Å². The smallest absolute Gasteiger partial charge is 0.314 e. The average Bonchev–Trinajstić information content (AvgIpc) is 2.45. The summed E-state index contributed by atoms with van der Waals surface area (Å²) in [7, 11) is -3.08. The molecule has 128 valence electrons. The second kappa shape index (κ2) is 6.27. The van der Waals surface area contributed by atoms with Crippen molar-refractivity contribution in [2.24, 2.45) is 0 Å². The highest BCUT2D eigenvalue weighted by Crippen LogP contribution is 2.40. The molecular weight excluding hydrogens is 312 g/mol. The highest BCUT2D eigenvalue weighted by molar-refractivity contribution is 7.90. The van der Waals surface area contributed by atoms with Crippen LogP contribution in [0.5, 0.6) is 0 Å². The Morgan fingerprint density at radius 1 is 1.13 bits per heavy atom. The molecule has 1 saturated carbocycles. The molecule has 0 amide bonds. The van der Waals surface area contributed by atoms with E-state index in [0.29, 0.717) is 12.8 Å². The van der Waals surface area contributed by atoms with Crippen LogP contribution in [-0.2, 0) is 25.5 Å². The fourth-order valence-electron chi connectivity index (χ4n) is 3.76. The van der Waals surface area contributed by atoms with E-state index >= 15 is 0 Å². The molecule has 0 bridgehead atoms. The zero-order chi connectivity index (χ0) is 17.3. The van der Waals surface area contributed by atoms with Crippen molar-refractivity contribution in [1.82, 2.24) is 0 Å². The number of benzene rings is 1. The first kappa shape index (κ1) is 18.0. The lowest BCUT2D eigenvalue weighted by Gasteiger charge is -2.34. The number of hydrogen-bond donors (Lipinski definition) is 1. The molecule has 0 aliphatic heterocycles. The Morgan fingerprint density at radius 2 is 1.65 bits per heavy atom. The van der Waals surface area contributed by atoms with Crippen LogP contribution in [0.3, 0.4) is 0 Å². The molecule has 0 saturated heterocycles. The molecule has 0 heterocycles. The summed E-state index contributed by atoms with van der Waals surface area (Å²) in [5.74, 6) is -0.677. The maximum atomic E-state index is 11.9. The summed E-state index contributed by atoms with van der Waals surface area (Å²) in [4.78, 5) is 11.9. The van der Waals surface area contributed by atoms with Gasteiger partial charge in [0.2, 0.25) is 0 Å². The first-order chi connectivity index (χ1) is 10.6. The summed E-state index contributed by atoms with van der Waals surface area (Å²) in [6.07, 6.45) is 5.56. The minimum absolute atomic E-state index is 0.0728. The van der Waals surface area contributed by atoms with E-state index in [2.05, 4.69) is 0 Å². The van der Waals surface area contributed by atoms with Crippen molar-refractivity contribution in [3.63, 3.8) is 0 Å². The number of carbonyl (C=O) groups is 1. The predicted molar refractivity (Wildman–Crippen MR) is 91.6 cm³/mol. The molecule has 1 aliphatic carbocycles. The van der Waals surface area contributed by atoms with Gasteiger partial charge >= 0.3 is 5.97 Å². The maximum Gasteiger partial charge on any atom is 0.314 e. The van der Waals surface area contributed by atoms with E-state index in [1.807, 2.05) is 38.1 Å². The minimum atomic E-state index is -3.08. The molecule has 0 atom stereocenters. The fraction of sp³-hybridized carbons (Fsp3) is 0.611. The maximum absolute atomic E-state index is 11.9. The molecule has 0 unspecified atom stereocenters. The van der Waals surface area contributed by atoms with E-state index in [-0.39, 0.29) is 5.75 Å². The Kier molecular flexibility index (Phi) is 4.90. The zero-order valence-corrected chi connectivity index (χ0v) is 14.9. The first-order valence-corrected chi connectivity index (χ1v) is 10.2. The van der Waals surface area contributed by atoms with Crippen molar-refractivity contribution in [1.29, 1.82) is 0 Å². The Labute approximate surface area is 138 Å². The van der Waals surface area contributed by atoms with Crippen molar-refractivity contribution in [2.45, 2.75) is 56.8 Å². The van der Waals surface area contributed by atoms with Gasteiger partial charge in [0.05, 0.1) is 11.2 Å². The lowest BCUT2D eigenvalue weighted by atomic mass is 9.69. The largest absolute Gasteiger partial charge is 0.481 e. The normalized spacial score (nSPS) is 18.6. The van der Waals surface area contributed by atoms with Crippen molar-refractivity contribution in [2.75, 3.05) is 12.0 Å². The summed E-state index contributed by atoms with van der Waals surface area (Å²) < 4.78 is 23.2. The van der Waals surface area contributed by atoms with Crippen molar-refractivity contribution in [3.8, 4) is 0 Å². The van der Waals surface area contributed by atoms with Crippen LogP contribution in [0.2, 0.25) is 0 Å². The van der Waals surface area contributed by atoms with Gasteiger partial charge in [0.1, 0.15) is 9.84 Å². The van der Waals surface area contributed by atoms with Gasteiger partial charge in [-0.2, -0.15) is 0 Å². The van der Waals surface area contributed by atoms with E-state index < -0.39 is 26.6 Å². The lowest BCUT2D eigenvalue weighted by molar-refractivity contribution is -0.145. The van der Waals surface area contributed by atoms with Crippen LogP contribution < -0.4 is 0 Å². The first-order valence-electron chi connectivity index (χ1n) is 8.09. The number of hydrogen-bond acceptors (Lipinski definition) is 3. The molecule has 2 rings (SSSR count). The Balaban J connectivity index is 2.33. The van der Waals surface area contributed by atoms with Crippen LogP contribution in [0.25, 0.3) is 0 Å². The molecule has 0 aromatic heterocycles. The monoisotopic (exact) mass is 338 g/mol. The number of carboxylic acids is 1. The Bertz CT molecular complexity index is 665. The van der Waals surface area contributed by atoms with Crippen LogP contribution in [0.4, 0.5) is 0 Å². The highest BCUT2D eigenvalue weighted by Gasteiger charge is 2.41. The minimum Gasteiger partial charge on any atom is -0.481 e. The fourth-order valence-corrected chi connectivity index (χ4v) is 5.24. The number of rotatable bonds is 5. The number of carboxylic acid groups (broad SMARTS) is 1. The summed E-state index contributed by atoms with van der Waals surface area (Å²) in [6.45, 7) is 3.80. The van der Waals surface area contributed by atoms with Gasteiger partial charge in [0, 0.05) is 11.7 Å². The van der Waals surface area contributed by atoms with Gasteiger partial charge in [0.15, 0.2) is 0 Å². The molecule has 1 N–H and O–H groups in total. The standard InChI is InChI=1S/C18H26O4S/c1-17(2,13-23(3,21)22)14-7-9-15(10-8-14)18(16(19)20)11-5-4-6-12-18/h7-10H,4-6,11-13H2,1-3H3,(H,19,20). The van der Waals surface area contributed by atoms with Gasteiger partial charge in [-0.3, -0.25) is 4.79 Å². The number of sulfone groups is 1. The molecule has 4 nitrogen and oxygen atoms in total. The molecule has 1 aromatic rings. The van der Waals surface area contributed by atoms with Crippen molar-refractivity contribution >= 4 is 15.8 Å². The Hall–Kier alpha value is -1.36. The molecule has 0 spiro atoms. The highest BCUT2D eigenvalue weighted by atomic mass is 32.2. The molecule has 0 radical (unpaired) electrons. The van der Waals surface area contributed by atoms with Crippen LogP contribution in [-0.4, -0.2) is 31.5 Å². The molecule has 23 heavy (non-hydrogen) atoms. The van der Waals surface area contributed by atoms with Gasteiger partial charge < -0.3 is 5.11 Å². The summed E-state index contributed by atoms with van der Waals surface area (Å²) in [5, 5.41) is 9.74. The van der Waals surface area contributed by atoms with Gasteiger partial charge in [-0.1, -0.05) is 57.4 Å². The number of aliphatic carboxylic acids is 1. The van der Waals surface area contributed by atoms with Gasteiger partial charge in [-0.15, -0.1) is 0 Å². The lowest BCUT2D eigenvalue weighted by Crippen LogP contribution is -2.38. The van der Waals surface area contributed by atoms with E-state index in [1.54, 1.807) is 0 Å². The van der Waals surface area contributed by atoms with Gasteiger partial charge in [-0.05, 0) is 24.0 Å². The van der Waals surface area contributed by atoms with Crippen LogP contribution >= 0.6 is 0 Å². The summed E-state index contributed by atoms with van der Waals surface area (Å²) in [6, 6.07) is 7.53. The van der Waals surface area contributed by atoms with E-state index in [1.165, 1.54) is 6.26 Å². The van der Waals surface area contributed by atoms with Crippen LogP contribution in [0, 0.1) is 0 Å². The molecule has 1 aliphatic rings. The quantitative estimate of drug-likeness (QED) is 0.894. The molecule has 1 fully saturated rings. The summed E-state index contributed by atoms with van der Waals surface area (Å²) in [5.41, 5.74) is 0.485. The van der Waals surface area contributed by atoms with Gasteiger partial charge in [-0.25, -0.2) is 8.42 Å². The van der Waals surface area contributed by atoms with E-state index in [4.69, 9.17) is 0 Å². The van der Waals surface area contributed by atoms with Crippen LogP contribution in [0.15, 0.2) is 24.3 Å². The molecule has 5 heteroatoms. The third kappa shape index (κ3) is 3.94. The molecule has 1 aromatic carbocycles. The second-order valence-electron chi connectivity index (χ2n) is 7.48. The van der Waals surface area contributed by atoms with Gasteiger partial charge in [0.25, 0.3) is 0 Å². The van der Waals surface area contributed by atoms with Crippen molar-refractivity contribution in [3.05, 3.63) is 35.4 Å². The SMILES string of the molecule is CC(C)(CS(C)(=O)=O)c1ccc(C2(C(=O)O)CCCCC2)cc1. The zero-order valence-electron chi connectivity index (χ0n) is 14.1. The molecular formula is C18H26O4S. The summed E-state index contributed by atoms with van der Waals surface area (Å²) >= 11 is 0. The van der Waals surface area contributed by atoms with E-state index in [0.717, 1.165) is 30.4 Å². The second-order valence-corrected chi connectivity index (χ2v) is 9.62. The van der Waals surface area contributed by atoms with E-state index in [9.17, 15) is 18.3 Å². The average molecular weight is 338 g/mol. The third-order valence-electron chi connectivity index (χ3n) is 4.96. The Morgan fingerprint density at radius 3 is 2.09 bits per heavy atom.